The molecule has 7 fully saturated rings. The number of rotatable bonds is 14. The van der Waals surface area contributed by atoms with Gasteiger partial charge in [-0.3, -0.25) is 10.6 Å². The van der Waals surface area contributed by atoms with E-state index in [-0.39, 0.29) is 66.7 Å². The molecule has 12 aromatic rings. The van der Waals surface area contributed by atoms with E-state index in [0.29, 0.717) is 49.8 Å². The van der Waals surface area contributed by atoms with Crippen molar-refractivity contribution in [3.05, 3.63) is 224 Å². The van der Waals surface area contributed by atoms with Crippen LogP contribution in [0.5, 0.6) is 0 Å². The fourth-order valence-electron chi connectivity index (χ4n) is 19.6. The number of carbonyl (C=O) groups excluding carboxylic acids is 2. The Bertz CT molecular complexity index is 6080. The summed E-state index contributed by atoms with van der Waals surface area (Å²) >= 11 is 12.5. The van der Waals surface area contributed by atoms with Gasteiger partial charge < -0.3 is 95.9 Å². The Hall–Kier alpha value is -10.1. The number of aliphatic hydroxyl groups is 4. The number of amides is 4. The number of benzene rings is 4. The van der Waals surface area contributed by atoms with Gasteiger partial charge in [0.2, 0.25) is 0 Å². The number of hydrogen-bond donors (Lipinski definition) is 6. The van der Waals surface area contributed by atoms with Crippen molar-refractivity contribution in [3.63, 3.8) is 0 Å². The van der Waals surface area contributed by atoms with E-state index >= 15 is 0 Å². The zero-order chi connectivity index (χ0) is 88.3. The number of carbonyl (C=O) groups is 2. The zero-order valence-electron chi connectivity index (χ0n) is 72.3. The maximum atomic E-state index is 12.2. The number of urea groups is 2. The summed E-state index contributed by atoms with van der Waals surface area (Å²) in [5.74, 6) is -1.07. The topological polar surface area (TPSA) is 361 Å². The molecule has 23 rings (SSSR count). The summed E-state index contributed by atoms with van der Waals surface area (Å²) in [6.07, 6.45) is 11.5. The zero-order valence-corrected chi connectivity index (χ0v) is 73.8. The molecule has 15 heterocycles. The molecule has 34 heteroatoms. The largest absolute Gasteiger partial charge is 0.387 e. The number of ether oxygens (including phenoxy) is 10. The van der Waals surface area contributed by atoms with E-state index in [2.05, 4.69) is 113 Å². The highest BCUT2D eigenvalue weighted by Gasteiger charge is 2.61. The predicted octanol–water partition coefficient (Wildman–Crippen LogP) is 12.6. The maximum Gasteiger partial charge on any atom is 0.322 e. The van der Waals surface area contributed by atoms with Crippen LogP contribution in [0.1, 0.15) is 171 Å². The number of fused-ring (bicyclic) bond motifs is 11. The molecular weight excluding hydrogens is 1670 g/mol. The van der Waals surface area contributed by atoms with Crippen molar-refractivity contribution in [3.8, 4) is 0 Å². The standard InChI is InChI=1S/C26H31N5O4.C23H24ClN3O3.C22H22ClN3O4.C22H25N5O5/c1-14(16-8-6-15-7-9-17(15)12-16)19-20-21(35-26(2,3)34-20)24(33-19)31-11-10-18-22(27-13-28-23(18)31)29-25(32)30(4)5;1-12(14-6-4-13-5-7-15(13)10-14)17-18-19(30-23(2,3)29-18)22(28-17)27-9-8-16-20(24)25-11-26-21(16)27;1-22(2)29-17-16(15(27)13-6-4-11-3-5-12(11)9-13)28-21(18(17)30-22)26-8-7-14-19(23)24-10-25-20(14)26;1-26(2)22(31)25-19-14-7-8-27(20(14)24-10-23-19)21-17(30)16(29)18(32-21)15(28)13-6-4-11-3-5-12(11)9-13/h6,8,10-14,19-21,24H,7,9H2,1-5H3,(H,27,28,29,32);4,6,8-12,17-19,22H,5,7H2,1-3H3;4,6-10,15-18,21,27H,3,5H2,1-2H3;4,6-10,15-18,21,28-30H,3,5H2,1-2H3,(H,23,24,25,31)/t14-,19-,20-,21-,24-;12-,17-,18-,19-,22-;15-,16-,17-,18-,21-;15-,16+,17-,18-,21-/m1111/s1. The minimum absolute atomic E-state index is 0.127. The first-order valence-corrected chi connectivity index (χ1v) is 44.1. The van der Waals surface area contributed by atoms with Crippen molar-refractivity contribution in [2.75, 3.05) is 38.8 Å². The van der Waals surface area contributed by atoms with Gasteiger partial charge in [0.15, 0.2) is 42.3 Å². The predicted molar refractivity (Wildman–Crippen MR) is 467 cm³/mol. The number of anilines is 2. The summed E-state index contributed by atoms with van der Waals surface area (Å²) in [7, 11) is 6.61. The van der Waals surface area contributed by atoms with E-state index < -0.39 is 84.9 Å². The van der Waals surface area contributed by atoms with Crippen molar-refractivity contribution in [2.24, 2.45) is 0 Å². The quantitative estimate of drug-likeness (QED) is 0.0551. The highest BCUT2D eigenvalue weighted by molar-refractivity contribution is 6.34. The number of aromatic nitrogens is 12. The van der Waals surface area contributed by atoms with Gasteiger partial charge >= 0.3 is 12.1 Å². The van der Waals surface area contributed by atoms with Crippen LogP contribution in [0.25, 0.3) is 44.1 Å². The molecule has 6 N–H and O–H groups in total. The van der Waals surface area contributed by atoms with Gasteiger partial charge in [-0.15, -0.1) is 0 Å². The molecule has 7 aliphatic heterocycles. The monoisotopic (exact) mass is 1770 g/mol. The van der Waals surface area contributed by atoms with Crippen molar-refractivity contribution in [2.45, 2.75) is 246 Å². The van der Waals surface area contributed by atoms with E-state index in [1.165, 1.54) is 110 Å². The number of aliphatic hydroxyl groups excluding tert-OH is 4. The van der Waals surface area contributed by atoms with Gasteiger partial charge in [0.05, 0.1) is 33.8 Å². The lowest BCUT2D eigenvalue weighted by Crippen LogP contribution is -2.35. The fraction of sp³-hybridized carbons (Fsp3) is 0.462. The third-order valence-electron chi connectivity index (χ3n) is 26.7. The molecule has 32 nitrogen and oxygen atoms in total. The number of halogens is 2. The van der Waals surface area contributed by atoms with Crippen LogP contribution in [0.3, 0.4) is 0 Å². The molecule has 4 amide bonds. The van der Waals surface area contributed by atoms with Gasteiger partial charge in [0.25, 0.3) is 0 Å². The van der Waals surface area contributed by atoms with Gasteiger partial charge in [0, 0.05) is 64.8 Å². The average Bonchev–Trinajstić information content (AvgIpc) is 1.59. The highest BCUT2D eigenvalue weighted by atomic mass is 35.5. The highest BCUT2D eigenvalue weighted by Crippen LogP contribution is 2.53. The Kier molecular flexibility index (Phi) is 22.0. The second kappa shape index (κ2) is 32.8. The van der Waals surface area contributed by atoms with Crippen LogP contribution in [0, 0.1) is 0 Å². The van der Waals surface area contributed by atoms with Gasteiger partial charge in [0.1, 0.15) is 143 Å². The lowest BCUT2D eigenvalue weighted by molar-refractivity contribution is -0.207. The normalized spacial score (nSPS) is 28.1. The number of nitrogens with zero attached hydrogens (tertiary/aromatic N) is 14. The Balaban J connectivity index is 0.000000107. The minimum atomic E-state index is -1.30. The first-order valence-electron chi connectivity index (χ1n) is 43.3. The van der Waals surface area contributed by atoms with Crippen LogP contribution in [-0.4, -0.2) is 219 Å². The third-order valence-corrected chi connectivity index (χ3v) is 27.3. The molecule has 4 aliphatic carbocycles. The van der Waals surface area contributed by atoms with E-state index in [1.807, 2.05) is 116 Å². The van der Waals surface area contributed by atoms with E-state index in [4.69, 9.17) is 70.6 Å². The molecule has 11 aliphatic rings. The maximum absolute atomic E-state index is 12.2. The lowest BCUT2D eigenvalue weighted by Gasteiger charge is -2.29. The molecule has 127 heavy (non-hydrogen) atoms. The minimum Gasteiger partial charge on any atom is -0.387 e. The molecule has 0 radical (unpaired) electrons. The summed E-state index contributed by atoms with van der Waals surface area (Å²) in [5, 5.41) is 52.7. The third kappa shape index (κ3) is 15.5. The lowest BCUT2D eigenvalue weighted by atomic mass is 9.83. The van der Waals surface area contributed by atoms with E-state index in [0.717, 1.165) is 59.5 Å². The van der Waals surface area contributed by atoms with E-state index in [9.17, 15) is 30.0 Å². The summed E-state index contributed by atoms with van der Waals surface area (Å²) in [6.45, 7) is 16.0. The molecule has 4 aromatic carbocycles. The van der Waals surface area contributed by atoms with E-state index in [1.54, 1.807) is 45.0 Å². The first kappa shape index (κ1) is 85.0. The van der Waals surface area contributed by atoms with Crippen molar-refractivity contribution >= 4 is 91.0 Å². The second-order valence-corrected chi connectivity index (χ2v) is 37.2. The van der Waals surface area contributed by atoms with Crippen LogP contribution < -0.4 is 10.6 Å². The molecule has 0 bridgehead atoms. The van der Waals surface area contributed by atoms with Crippen molar-refractivity contribution in [1.29, 1.82) is 0 Å². The Morgan fingerprint density at radius 3 is 1.02 bits per heavy atom. The van der Waals surface area contributed by atoms with Crippen LogP contribution >= 0.6 is 23.2 Å². The molecule has 0 unspecified atom stereocenters. The van der Waals surface area contributed by atoms with Crippen molar-refractivity contribution < 1.29 is 77.4 Å². The van der Waals surface area contributed by atoms with Gasteiger partial charge in [-0.25, -0.2) is 49.5 Å². The molecule has 0 spiro atoms. The van der Waals surface area contributed by atoms with Gasteiger partial charge in [-0.05, 0) is 184 Å². The number of aryl methyl sites for hydroxylation is 8. The van der Waals surface area contributed by atoms with Crippen LogP contribution in [0.15, 0.2) is 147 Å². The summed E-state index contributed by atoms with van der Waals surface area (Å²) in [4.78, 5) is 61.3. The Labute approximate surface area is 741 Å². The summed E-state index contributed by atoms with van der Waals surface area (Å²) in [6, 6.07) is 32.2. The molecular formula is C93H102Cl2N16O16. The second-order valence-electron chi connectivity index (χ2n) is 36.5. The van der Waals surface area contributed by atoms with Crippen molar-refractivity contribution in [1.82, 2.24) is 67.9 Å². The van der Waals surface area contributed by atoms with Gasteiger partial charge in [-0.2, -0.15) is 0 Å². The molecule has 664 valence electrons. The molecule has 7 saturated heterocycles. The Morgan fingerprint density at radius 1 is 0.378 bits per heavy atom. The molecule has 20 atom stereocenters. The van der Waals surface area contributed by atoms with Crippen LogP contribution in [-0.2, 0) is 98.7 Å². The number of hydrogen-bond acceptors (Lipinski definition) is 24. The Morgan fingerprint density at radius 2 is 0.669 bits per heavy atom. The SMILES string of the molecule is CC1(C)O[C@H]2[C@@H](O1)[C@H](n1ccc3c(Cl)ncnc31)O[C@@H]2[C@H](O)c1ccc2c(c1)CC2.CN(C)C(=O)Nc1ncnc2c1ccn2[C@@H]1O[C@H]([C@H](O)c2ccc3c(c2)CC3)[C@@H](O)[C@H]1O.C[C@H](c1ccc2c(c1)CC2)[C@H]1O[C@@H](n2ccc3c(Cl)ncnc32)[C@@H]2OC(C)(C)O[C@@H]21.C[C@H](c1ccc2c(c1)CC2)[C@H]1O[C@@H](n2ccc3c(NC(=O)N(C)C)ncnc32)[C@@H]2OC(C)(C)O[C@@H]21. The molecule has 8 aromatic heterocycles. The number of nitrogens with one attached hydrogen (secondary N) is 2. The fourth-order valence-corrected chi connectivity index (χ4v) is 19.9. The smallest absolute Gasteiger partial charge is 0.322 e. The molecule has 0 saturated carbocycles. The first-order chi connectivity index (χ1) is 60.9. The summed E-state index contributed by atoms with van der Waals surface area (Å²) in [5.41, 5.74) is 17.4. The average molecular weight is 1770 g/mol. The van der Waals surface area contributed by atoms with Crippen LogP contribution in [0.2, 0.25) is 10.3 Å². The summed E-state index contributed by atoms with van der Waals surface area (Å²) < 4.78 is 70.9. The van der Waals surface area contributed by atoms with Crippen LogP contribution in [0.4, 0.5) is 21.2 Å². The van der Waals surface area contributed by atoms with Gasteiger partial charge in [-0.1, -0.05) is 110 Å².